The molecule has 4 saturated carbocycles. The van der Waals surface area contributed by atoms with Gasteiger partial charge in [0.05, 0.1) is 5.69 Å². The average Bonchev–Trinajstić information content (AvgIpc) is 2.81. The first-order valence-corrected chi connectivity index (χ1v) is 8.05. The van der Waals surface area contributed by atoms with Gasteiger partial charge >= 0.3 is 0 Å². The van der Waals surface area contributed by atoms with E-state index in [1.54, 1.807) is 0 Å². The zero-order valence-corrected chi connectivity index (χ0v) is 11.9. The maximum atomic E-state index is 5.79. The van der Waals surface area contributed by atoms with E-state index >= 15 is 0 Å². The molecule has 4 bridgehead atoms. The van der Waals surface area contributed by atoms with Crippen molar-refractivity contribution in [2.45, 2.75) is 58.0 Å². The number of aromatic nitrogens is 2. The fourth-order valence-corrected chi connectivity index (χ4v) is 5.52. The zero-order valence-electron chi connectivity index (χ0n) is 11.9. The Morgan fingerprint density at radius 3 is 2.32 bits per heavy atom. The van der Waals surface area contributed by atoms with E-state index in [1.807, 2.05) is 0 Å². The van der Waals surface area contributed by atoms with Crippen molar-refractivity contribution >= 4 is 0 Å². The Balaban J connectivity index is 1.70. The summed E-state index contributed by atoms with van der Waals surface area (Å²) in [5.74, 6) is 4.74. The zero-order chi connectivity index (χ0) is 13.0. The van der Waals surface area contributed by atoms with Crippen molar-refractivity contribution in [1.29, 1.82) is 0 Å². The smallest absolute Gasteiger partial charge is 0.0763 e. The van der Waals surface area contributed by atoms with Gasteiger partial charge in [0.15, 0.2) is 0 Å². The summed E-state index contributed by atoms with van der Waals surface area (Å²) in [6.45, 7) is 3.76. The lowest BCUT2D eigenvalue weighted by atomic mass is 9.51. The lowest BCUT2D eigenvalue weighted by Gasteiger charge is -2.54. The Morgan fingerprint density at radius 1 is 1.16 bits per heavy atom. The molecule has 3 heteroatoms. The minimum absolute atomic E-state index is 0.577. The van der Waals surface area contributed by atoms with E-state index in [0.717, 1.165) is 41.8 Å². The second-order valence-corrected chi connectivity index (χ2v) is 7.04. The predicted molar refractivity (Wildman–Crippen MR) is 75.6 cm³/mol. The molecule has 104 valence electrons. The van der Waals surface area contributed by atoms with Crippen LogP contribution in [0.15, 0.2) is 6.07 Å². The van der Waals surface area contributed by atoms with Crippen molar-refractivity contribution in [3.05, 3.63) is 17.5 Å². The summed E-state index contributed by atoms with van der Waals surface area (Å²) < 4.78 is 2.23. The molecule has 4 aliphatic rings. The first-order chi connectivity index (χ1) is 9.28. The van der Waals surface area contributed by atoms with Gasteiger partial charge in [0.2, 0.25) is 0 Å². The molecule has 3 nitrogen and oxygen atoms in total. The Morgan fingerprint density at radius 2 is 1.79 bits per heavy atom. The molecule has 0 aromatic carbocycles. The molecule has 0 aliphatic heterocycles. The monoisotopic (exact) mass is 259 g/mol. The third-order valence-electron chi connectivity index (χ3n) is 5.94. The highest BCUT2D eigenvalue weighted by Gasteiger charge is 2.49. The van der Waals surface area contributed by atoms with Crippen LogP contribution in [0.1, 0.15) is 56.3 Å². The van der Waals surface area contributed by atoms with Crippen molar-refractivity contribution in [3.8, 4) is 0 Å². The molecule has 1 heterocycles. The summed E-state index contributed by atoms with van der Waals surface area (Å²) >= 11 is 0. The Kier molecular flexibility index (Phi) is 2.73. The fraction of sp³-hybridized carbons (Fsp3) is 0.812. The molecule has 4 aliphatic carbocycles. The van der Waals surface area contributed by atoms with Gasteiger partial charge in [-0.2, -0.15) is 5.10 Å². The molecule has 0 radical (unpaired) electrons. The summed E-state index contributed by atoms with van der Waals surface area (Å²) in [6, 6.07) is 2.30. The van der Waals surface area contributed by atoms with E-state index in [2.05, 4.69) is 22.8 Å². The van der Waals surface area contributed by atoms with Crippen LogP contribution in [0.5, 0.6) is 0 Å². The van der Waals surface area contributed by atoms with Gasteiger partial charge in [-0.1, -0.05) is 0 Å². The highest BCUT2D eigenvalue weighted by molar-refractivity contribution is 5.20. The van der Waals surface area contributed by atoms with Crippen LogP contribution in [0.4, 0.5) is 0 Å². The van der Waals surface area contributed by atoms with Crippen molar-refractivity contribution in [3.63, 3.8) is 0 Å². The maximum absolute atomic E-state index is 5.79. The van der Waals surface area contributed by atoms with Crippen LogP contribution in [0.25, 0.3) is 0 Å². The molecule has 0 amide bonds. The van der Waals surface area contributed by atoms with Gasteiger partial charge < -0.3 is 5.73 Å². The summed E-state index contributed by atoms with van der Waals surface area (Å²) in [7, 11) is 0. The first-order valence-electron chi connectivity index (χ1n) is 8.05. The van der Waals surface area contributed by atoms with Crippen molar-refractivity contribution in [2.24, 2.45) is 29.4 Å². The maximum Gasteiger partial charge on any atom is 0.0763 e. The second-order valence-electron chi connectivity index (χ2n) is 7.04. The Bertz CT molecular complexity index is 448. The van der Waals surface area contributed by atoms with Gasteiger partial charge in [0.1, 0.15) is 0 Å². The topological polar surface area (TPSA) is 43.8 Å². The fourth-order valence-electron chi connectivity index (χ4n) is 5.52. The molecule has 0 unspecified atom stereocenters. The van der Waals surface area contributed by atoms with Gasteiger partial charge in [-0.25, -0.2) is 0 Å². The molecule has 4 fully saturated rings. The van der Waals surface area contributed by atoms with Crippen LogP contribution in [-0.2, 0) is 13.1 Å². The molecular weight excluding hydrogens is 234 g/mol. The van der Waals surface area contributed by atoms with Gasteiger partial charge in [-0.15, -0.1) is 0 Å². The third kappa shape index (κ3) is 1.78. The summed E-state index contributed by atoms with van der Waals surface area (Å²) in [5, 5.41) is 4.67. The molecule has 0 spiro atoms. The standard InChI is InChI=1S/C16H25N3/c1-2-19-15(8-14(9-17)18-19)16-12-4-10-3-11(6-12)7-13(16)5-10/h8,10-13,16H,2-7,9,17H2,1H3. The lowest BCUT2D eigenvalue weighted by molar-refractivity contribution is -0.00558. The number of rotatable bonds is 3. The molecule has 2 N–H and O–H groups in total. The van der Waals surface area contributed by atoms with Gasteiger partial charge in [0, 0.05) is 24.7 Å². The summed E-state index contributed by atoms with van der Waals surface area (Å²) in [4.78, 5) is 0. The normalized spacial score (nSPS) is 40.0. The molecule has 0 saturated heterocycles. The van der Waals surface area contributed by atoms with Crippen LogP contribution < -0.4 is 5.73 Å². The quantitative estimate of drug-likeness (QED) is 0.907. The Labute approximate surface area is 115 Å². The minimum Gasteiger partial charge on any atom is -0.325 e. The highest BCUT2D eigenvalue weighted by Crippen LogP contribution is 2.59. The predicted octanol–water partition coefficient (Wildman–Crippen LogP) is 2.90. The van der Waals surface area contributed by atoms with Crippen molar-refractivity contribution < 1.29 is 0 Å². The van der Waals surface area contributed by atoms with E-state index in [0.29, 0.717) is 6.54 Å². The molecule has 5 rings (SSSR count). The van der Waals surface area contributed by atoms with Crippen molar-refractivity contribution in [2.75, 3.05) is 0 Å². The number of nitrogens with zero attached hydrogens (tertiary/aromatic N) is 2. The number of hydrogen-bond donors (Lipinski definition) is 1. The summed E-state index contributed by atoms with van der Waals surface area (Å²) in [6.07, 6.45) is 7.44. The van der Waals surface area contributed by atoms with E-state index in [4.69, 9.17) is 5.73 Å². The number of hydrogen-bond acceptors (Lipinski definition) is 2. The molecule has 19 heavy (non-hydrogen) atoms. The van der Waals surface area contributed by atoms with E-state index in [9.17, 15) is 0 Å². The average molecular weight is 259 g/mol. The number of nitrogens with two attached hydrogens (primary N) is 1. The first kappa shape index (κ1) is 12.0. The molecule has 1 aromatic rings. The third-order valence-corrected chi connectivity index (χ3v) is 5.94. The summed E-state index contributed by atoms with van der Waals surface area (Å²) in [5.41, 5.74) is 8.36. The van der Waals surface area contributed by atoms with Crippen molar-refractivity contribution in [1.82, 2.24) is 9.78 Å². The van der Waals surface area contributed by atoms with Crippen LogP contribution >= 0.6 is 0 Å². The minimum atomic E-state index is 0.577. The van der Waals surface area contributed by atoms with E-state index < -0.39 is 0 Å². The molecular formula is C16H25N3. The lowest BCUT2D eigenvalue weighted by Crippen LogP contribution is -2.44. The van der Waals surface area contributed by atoms with Gasteiger partial charge in [-0.05, 0) is 68.8 Å². The second kappa shape index (κ2) is 4.34. The van der Waals surface area contributed by atoms with E-state index in [-0.39, 0.29) is 0 Å². The van der Waals surface area contributed by atoms with Crippen LogP contribution in [0, 0.1) is 23.7 Å². The SMILES string of the molecule is CCn1nc(CN)cc1C1C2CC3CC(C2)CC1C3. The van der Waals surface area contributed by atoms with Crippen LogP contribution in [-0.4, -0.2) is 9.78 Å². The highest BCUT2D eigenvalue weighted by atomic mass is 15.3. The molecule has 0 atom stereocenters. The van der Waals surface area contributed by atoms with Gasteiger partial charge in [0.25, 0.3) is 0 Å². The number of aryl methyl sites for hydroxylation is 1. The largest absolute Gasteiger partial charge is 0.325 e. The van der Waals surface area contributed by atoms with Gasteiger partial charge in [-0.3, -0.25) is 4.68 Å². The van der Waals surface area contributed by atoms with Crippen LogP contribution in [0.2, 0.25) is 0 Å². The van der Waals surface area contributed by atoms with Crippen LogP contribution in [0.3, 0.4) is 0 Å². The Hall–Kier alpha value is -0.830. The van der Waals surface area contributed by atoms with E-state index in [1.165, 1.54) is 37.8 Å². The molecule has 1 aromatic heterocycles.